The van der Waals surface area contributed by atoms with E-state index in [1.165, 1.54) is 11.1 Å². The van der Waals surface area contributed by atoms with Gasteiger partial charge in [-0.1, -0.05) is 30.7 Å². The maximum atomic E-state index is 14.9. The molecule has 0 bridgehead atoms. The van der Waals surface area contributed by atoms with Gasteiger partial charge in [-0.15, -0.1) is 0 Å². The average molecular weight is 440 g/mol. The summed E-state index contributed by atoms with van der Waals surface area (Å²) in [7, 11) is 1.56. The van der Waals surface area contributed by atoms with E-state index in [1.807, 2.05) is 6.07 Å². The smallest absolute Gasteiger partial charge is 0.226 e. The molecule has 0 saturated heterocycles. The van der Waals surface area contributed by atoms with E-state index in [0.29, 0.717) is 46.8 Å². The van der Waals surface area contributed by atoms with Crippen LogP contribution in [0.25, 0.3) is 11.3 Å². The van der Waals surface area contributed by atoms with Gasteiger partial charge in [0.25, 0.3) is 0 Å². The number of nitrogens with zero attached hydrogens (tertiary/aromatic N) is 3. The van der Waals surface area contributed by atoms with Crippen LogP contribution in [0.2, 0.25) is 5.15 Å². The number of anilines is 1. The third kappa shape index (κ3) is 5.14. The van der Waals surface area contributed by atoms with Crippen molar-refractivity contribution in [2.45, 2.75) is 33.1 Å². The van der Waals surface area contributed by atoms with Gasteiger partial charge in [0.05, 0.1) is 11.4 Å². The van der Waals surface area contributed by atoms with Gasteiger partial charge >= 0.3 is 0 Å². The fraction of sp³-hybridized carbons (Fsp3) is 0.250. The van der Waals surface area contributed by atoms with E-state index in [9.17, 15) is 14.0 Å². The molecule has 3 rings (SSSR count). The van der Waals surface area contributed by atoms with E-state index in [1.54, 1.807) is 57.4 Å². The molecule has 0 atom stereocenters. The van der Waals surface area contributed by atoms with Crippen molar-refractivity contribution in [1.82, 2.24) is 9.97 Å². The Morgan fingerprint density at radius 1 is 1.06 bits per heavy atom. The normalized spacial score (nSPS) is 10.7. The average Bonchev–Trinajstić information content (AvgIpc) is 2.79. The van der Waals surface area contributed by atoms with Crippen LogP contribution in [-0.2, 0) is 11.2 Å². The van der Waals surface area contributed by atoms with Gasteiger partial charge in [-0.05, 0) is 48.7 Å². The summed E-state index contributed by atoms with van der Waals surface area (Å²) in [5, 5.41) is 0.415. The third-order valence-corrected chi connectivity index (χ3v) is 5.42. The van der Waals surface area contributed by atoms with Crippen molar-refractivity contribution in [3.05, 3.63) is 76.5 Å². The topological polar surface area (TPSA) is 63.2 Å². The first kappa shape index (κ1) is 22.6. The Morgan fingerprint density at radius 3 is 2.45 bits per heavy atom. The first-order valence-electron chi connectivity index (χ1n) is 9.97. The maximum Gasteiger partial charge on any atom is 0.226 e. The van der Waals surface area contributed by atoms with E-state index in [0.717, 1.165) is 5.56 Å². The minimum absolute atomic E-state index is 0.0352. The molecule has 0 unspecified atom stereocenters. The molecule has 3 aromatic rings. The Bertz CT molecular complexity index is 1100. The number of carbonyl (C=O) groups is 2. The predicted molar refractivity (Wildman–Crippen MR) is 120 cm³/mol. The number of aromatic nitrogens is 2. The molecule has 31 heavy (non-hydrogen) atoms. The zero-order valence-corrected chi connectivity index (χ0v) is 18.4. The van der Waals surface area contributed by atoms with Gasteiger partial charge in [0.1, 0.15) is 11.0 Å². The number of hydrogen-bond donors (Lipinski definition) is 0. The summed E-state index contributed by atoms with van der Waals surface area (Å²) in [6.07, 6.45) is 4.34. The van der Waals surface area contributed by atoms with E-state index >= 15 is 0 Å². The number of amides is 1. The molecule has 0 fully saturated rings. The molecular formula is C24H23ClFN3O2. The minimum atomic E-state index is -0.458. The van der Waals surface area contributed by atoms with Gasteiger partial charge in [0.2, 0.25) is 5.91 Å². The summed E-state index contributed by atoms with van der Waals surface area (Å²) in [4.78, 5) is 34.1. The fourth-order valence-electron chi connectivity index (χ4n) is 3.25. The van der Waals surface area contributed by atoms with Crippen LogP contribution in [0, 0.1) is 12.7 Å². The highest BCUT2D eigenvalue weighted by atomic mass is 35.5. The lowest BCUT2D eigenvalue weighted by Gasteiger charge is -2.19. The minimum Gasteiger partial charge on any atom is -0.313 e. The largest absolute Gasteiger partial charge is 0.313 e. The van der Waals surface area contributed by atoms with Gasteiger partial charge in [-0.25, -0.2) is 9.37 Å². The van der Waals surface area contributed by atoms with Crippen LogP contribution in [0.15, 0.2) is 48.8 Å². The van der Waals surface area contributed by atoms with Crippen molar-refractivity contribution in [3.8, 4) is 11.3 Å². The standard InChI is InChI=1S/C24H23ClFN3O2/c1-4-23(31)29(3)20-10-8-18(15(2)24(20)26)19-9-7-17(14-27-19)21(30)11-5-16-6-12-22(25)28-13-16/h6-10,12-14H,4-5,11H2,1-3H3. The van der Waals surface area contributed by atoms with Crippen LogP contribution in [0.1, 0.15) is 41.3 Å². The number of hydrogen-bond acceptors (Lipinski definition) is 4. The molecule has 0 aliphatic heterocycles. The second kappa shape index (κ2) is 9.79. The molecule has 160 valence electrons. The first-order chi connectivity index (χ1) is 14.8. The highest BCUT2D eigenvalue weighted by molar-refractivity contribution is 6.29. The zero-order chi connectivity index (χ0) is 22.5. The second-order valence-corrected chi connectivity index (χ2v) is 7.61. The van der Waals surface area contributed by atoms with Crippen molar-refractivity contribution >= 4 is 29.0 Å². The third-order valence-electron chi connectivity index (χ3n) is 5.19. The quantitative estimate of drug-likeness (QED) is 0.363. The molecule has 2 heterocycles. The molecule has 0 saturated carbocycles. The number of ketones is 1. The summed E-state index contributed by atoms with van der Waals surface area (Å²) in [5.41, 5.74) is 3.23. The highest BCUT2D eigenvalue weighted by Crippen LogP contribution is 2.30. The Morgan fingerprint density at radius 2 is 1.84 bits per heavy atom. The molecule has 0 radical (unpaired) electrons. The molecule has 0 spiro atoms. The maximum absolute atomic E-state index is 14.9. The van der Waals surface area contributed by atoms with Crippen molar-refractivity contribution in [2.24, 2.45) is 0 Å². The number of benzene rings is 1. The van der Waals surface area contributed by atoms with Crippen LogP contribution in [0.4, 0.5) is 10.1 Å². The second-order valence-electron chi connectivity index (χ2n) is 7.22. The summed E-state index contributed by atoms with van der Waals surface area (Å²) < 4.78 is 14.9. The summed E-state index contributed by atoms with van der Waals surface area (Å²) in [6.45, 7) is 3.39. The van der Waals surface area contributed by atoms with Gasteiger partial charge < -0.3 is 4.90 Å². The number of carbonyl (C=O) groups excluding carboxylic acids is 2. The fourth-order valence-corrected chi connectivity index (χ4v) is 3.37. The predicted octanol–water partition coefficient (Wildman–Crippen LogP) is 5.43. The first-order valence-corrected chi connectivity index (χ1v) is 10.3. The lowest BCUT2D eigenvalue weighted by molar-refractivity contribution is -0.118. The Kier molecular flexibility index (Phi) is 7.13. The van der Waals surface area contributed by atoms with Crippen LogP contribution < -0.4 is 4.90 Å². The van der Waals surface area contributed by atoms with Crippen molar-refractivity contribution in [3.63, 3.8) is 0 Å². The number of Topliss-reactive ketones (excluding diaryl/α,β-unsaturated/α-hetero) is 1. The van der Waals surface area contributed by atoms with E-state index in [-0.39, 0.29) is 17.4 Å². The number of halogens is 2. The van der Waals surface area contributed by atoms with Gasteiger partial charge in [-0.2, -0.15) is 0 Å². The molecular weight excluding hydrogens is 417 g/mol. The molecule has 0 aliphatic rings. The van der Waals surface area contributed by atoms with Crippen LogP contribution in [0.3, 0.4) is 0 Å². The van der Waals surface area contributed by atoms with E-state index < -0.39 is 5.82 Å². The van der Waals surface area contributed by atoms with Crippen molar-refractivity contribution < 1.29 is 14.0 Å². The number of aryl methyl sites for hydroxylation is 1. The molecule has 5 nitrogen and oxygen atoms in total. The Balaban J connectivity index is 1.74. The van der Waals surface area contributed by atoms with Crippen LogP contribution >= 0.6 is 11.6 Å². The monoisotopic (exact) mass is 439 g/mol. The summed E-state index contributed by atoms with van der Waals surface area (Å²) >= 11 is 5.77. The van der Waals surface area contributed by atoms with Crippen molar-refractivity contribution in [2.75, 3.05) is 11.9 Å². The van der Waals surface area contributed by atoms with E-state index in [2.05, 4.69) is 9.97 Å². The molecule has 7 heteroatoms. The molecule has 0 N–H and O–H groups in total. The molecule has 1 aromatic carbocycles. The number of pyridine rings is 2. The van der Waals surface area contributed by atoms with Crippen LogP contribution in [0.5, 0.6) is 0 Å². The molecule has 1 amide bonds. The lowest BCUT2D eigenvalue weighted by atomic mass is 10.0. The van der Waals surface area contributed by atoms with Gasteiger partial charge in [-0.3, -0.25) is 14.6 Å². The summed E-state index contributed by atoms with van der Waals surface area (Å²) in [5.74, 6) is -0.659. The molecule has 2 aromatic heterocycles. The van der Waals surface area contributed by atoms with Crippen LogP contribution in [-0.4, -0.2) is 28.7 Å². The SMILES string of the molecule is CCC(=O)N(C)c1ccc(-c2ccc(C(=O)CCc3ccc(Cl)nc3)cn2)c(C)c1F. The Hall–Kier alpha value is -3.12. The lowest BCUT2D eigenvalue weighted by Crippen LogP contribution is -2.26. The molecule has 0 aliphatic carbocycles. The van der Waals surface area contributed by atoms with Crippen molar-refractivity contribution in [1.29, 1.82) is 0 Å². The number of rotatable bonds is 7. The Labute approximate surface area is 185 Å². The highest BCUT2D eigenvalue weighted by Gasteiger charge is 2.18. The zero-order valence-electron chi connectivity index (χ0n) is 17.7. The van der Waals surface area contributed by atoms with Gasteiger partial charge in [0, 0.05) is 43.4 Å². The van der Waals surface area contributed by atoms with E-state index in [4.69, 9.17) is 11.6 Å². The van der Waals surface area contributed by atoms with Gasteiger partial charge in [0.15, 0.2) is 5.78 Å². The summed E-state index contributed by atoms with van der Waals surface area (Å²) in [6, 6.07) is 10.3.